The number of aryl methyl sites for hydroxylation is 2. The number of halogens is 3. The number of carbonyl (C=O) groups excluding carboxylic acids is 1. The highest BCUT2D eigenvalue weighted by Gasteiger charge is 2.30. The fourth-order valence-electron chi connectivity index (χ4n) is 3.40. The van der Waals surface area contributed by atoms with Gasteiger partial charge in [0.05, 0.1) is 5.56 Å². The number of amides is 2. The summed E-state index contributed by atoms with van der Waals surface area (Å²) in [7, 11) is 1.66. The predicted molar refractivity (Wildman–Crippen MR) is 122 cm³/mol. The molecule has 2 aromatic rings. The van der Waals surface area contributed by atoms with Gasteiger partial charge in [-0.2, -0.15) is 13.2 Å². The lowest BCUT2D eigenvalue weighted by Gasteiger charge is -2.28. The van der Waals surface area contributed by atoms with Crippen molar-refractivity contribution in [3.63, 3.8) is 0 Å². The van der Waals surface area contributed by atoms with Gasteiger partial charge in [-0.15, -0.1) is 6.58 Å². The number of hydrogen-bond acceptors (Lipinski definition) is 2. The Bertz CT molecular complexity index is 938. The van der Waals surface area contributed by atoms with Crippen LogP contribution in [0, 0.1) is 13.8 Å². The second kappa shape index (κ2) is 9.67. The van der Waals surface area contributed by atoms with E-state index in [1.807, 2.05) is 46.8 Å². The maximum absolute atomic E-state index is 13.1. The van der Waals surface area contributed by atoms with Crippen LogP contribution in [0.4, 0.5) is 23.7 Å². The van der Waals surface area contributed by atoms with Gasteiger partial charge in [-0.05, 0) is 75.6 Å². The van der Waals surface area contributed by atoms with Crippen LogP contribution in [0.15, 0.2) is 49.1 Å². The zero-order valence-corrected chi connectivity index (χ0v) is 19.5. The van der Waals surface area contributed by atoms with Gasteiger partial charge in [0, 0.05) is 25.8 Å². The Morgan fingerprint density at radius 1 is 1.06 bits per heavy atom. The second-order valence-electron chi connectivity index (χ2n) is 8.86. The second-order valence-corrected chi connectivity index (χ2v) is 8.86. The summed E-state index contributed by atoms with van der Waals surface area (Å²) in [4.78, 5) is 16.0. The molecule has 4 nitrogen and oxygen atoms in total. The summed E-state index contributed by atoms with van der Waals surface area (Å²) in [6.45, 7) is 14.1. The van der Waals surface area contributed by atoms with E-state index in [2.05, 4.69) is 6.58 Å². The predicted octanol–water partition coefficient (Wildman–Crippen LogP) is 6.74. The first kappa shape index (κ1) is 25.3. The maximum Gasteiger partial charge on any atom is 0.416 e. The molecule has 0 bridgehead atoms. The normalized spacial score (nSPS) is 11.8. The molecular formula is C25H31F3N2O2. The van der Waals surface area contributed by atoms with Gasteiger partial charge < -0.3 is 9.64 Å². The topological polar surface area (TPSA) is 32.8 Å². The maximum atomic E-state index is 13.1. The van der Waals surface area contributed by atoms with Crippen molar-refractivity contribution in [2.24, 2.45) is 0 Å². The average molecular weight is 449 g/mol. The lowest BCUT2D eigenvalue weighted by molar-refractivity contribution is -0.137. The first-order chi connectivity index (χ1) is 14.7. The van der Waals surface area contributed by atoms with Crippen molar-refractivity contribution < 1.29 is 22.7 Å². The van der Waals surface area contributed by atoms with Crippen LogP contribution in [-0.2, 0) is 12.7 Å². The van der Waals surface area contributed by atoms with Gasteiger partial charge in [-0.1, -0.05) is 18.2 Å². The summed E-state index contributed by atoms with van der Waals surface area (Å²) in [5.41, 5.74) is 2.17. The quantitative estimate of drug-likeness (QED) is 0.458. The van der Waals surface area contributed by atoms with Crippen LogP contribution in [-0.4, -0.2) is 30.1 Å². The summed E-state index contributed by atoms with van der Waals surface area (Å²) in [6, 6.07) is 8.16. The Labute approximate surface area is 188 Å². The van der Waals surface area contributed by atoms with E-state index >= 15 is 0 Å². The highest BCUT2D eigenvalue weighted by atomic mass is 19.4. The van der Waals surface area contributed by atoms with Crippen LogP contribution in [0.2, 0.25) is 0 Å². The van der Waals surface area contributed by atoms with Crippen LogP contribution >= 0.6 is 0 Å². The van der Waals surface area contributed by atoms with Crippen molar-refractivity contribution in [1.29, 1.82) is 0 Å². The van der Waals surface area contributed by atoms with E-state index in [0.717, 1.165) is 34.6 Å². The summed E-state index contributed by atoms with van der Waals surface area (Å²) in [6.07, 6.45) is -2.89. The highest BCUT2D eigenvalue weighted by Crippen LogP contribution is 2.31. The number of hydrogen-bond donors (Lipinski definition) is 0. The molecule has 0 aromatic heterocycles. The van der Waals surface area contributed by atoms with Gasteiger partial charge in [0.2, 0.25) is 0 Å². The summed E-state index contributed by atoms with van der Waals surface area (Å²) >= 11 is 0. The lowest BCUT2D eigenvalue weighted by Crippen LogP contribution is -2.41. The minimum absolute atomic E-state index is 0.172. The molecule has 0 saturated carbocycles. The minimum atomic E-state index is -4.43. The number of anilines is 1. The SMILES string of the molecule is C=CCN(C(=O)N(C)Cc1cc(C)c(OC(C)(C)C)c(C)c1)c1ccc(C(F)(F)F)cc1. The third-order valence-electron chi connectivity index (χ3n) is 4.72. The van der Waals surface area contributed by atoms with Gasteiger partial charge >= 0.3 is 12.2 Å². The molecule has 2 rings (SSSR count). The molecule has 32 heavy (non-hydrogen) atoms. The molecule has 0 unspecified atom stereocenters. The summed E-state index contributed by atoms with van der Waals surface area (Å²) < 4.78 is 44.7. The molecule has 2 amide bonds. The summed E-state index contributed by atoms with van der Waals surface area (Å²) in [5.74, 6) is 0.827. The molecular weight excluding hydrogens is 417 g/mol. The molecule has 174 valence electrons. The number of benzene rings is 2. The Morgan fingerprint density at radius 2 is 1.59 bits per heavy atom. The van der Waals surface area contributed by atoms with Crippen molar-refractivity contribution in [2.45, 2.75) is 52.9 Å². The van der Waals surface area contributed by atoms with E-state index in [9.17, 15) is 18.0 Å². The van der Waals surface area contributed by atoms with Gasteiger partial charge in [-0.25, -0.2) is 4.79 Å². The zero-order valence-electron chi connectivity index (χ0n) is 19.5. The molecule has 0 heterocycles. The molecule has 2 aromatic carbocycles. The number of ether oxygens (including phenoxy) is 1. The molecule has 7 heteroatoms. The van der Waals surface area contributed by atoms with Crippen LogP contribution < -0.4 is 9.64 Å². The van der Waals surface area contributed by atoms with Gasteiger partial charge in [-0.3, -0.25) is 4.90 Å². The first-order valence-electron chi connectivity index (χ1n) is 10.3. The van der Waals surface area contributed by atoms with Gasteiger partial charge in [0.25, 0.3) is 0 Å². The van der Waals surface area contributed by atoms with Crippen molar-refractivity contribution in [2.75, 3.05) is 18.5 Å². The van der Waals surface area contributed by atoms with E-state index in [1.165, 1.54) is 28.0 Å². The largest absolute Gasteiger partial charge is 0.488 e. The number of rotatable bonds is 6. The average Bonchev–Trinajstić information content (AvgIpc) is 2.67. The van der Waals surface area contributed by atoms with Crippen LogP contribution in [0.1, 0.15) is 43.0 Å². The van der Waals surface area contributed by atoms with Crippen molar-refractivity contribution in [1.82, 2.24) is 4.90 Å². The third kappa shape index (κ3) is 6.52. The lowest BCUT2D eigenvalue weighted by atomic mass is 10.0. The monoisotopic (exact) mass is 448 g/mol. The van der Waals surface area contributed by atoms with Crippen LogP contribution in [0.5, 0.6) is 5.75 Å². The summed E-state index contributed by atoms with van der Waals surface area (Å²) in [5, 5.41) is 0. The zero-order chi connectivity index (χ0) is 24.3. The number of urea groups is 1. The number of alkyl halides is 3. The molecule has 0 spiro atoms. The molecule has 0 aliphatic heterocycles. The molecule has 0 atom stereocenters. The van der Waals surface area contributed by atoms with Crippen LogP contribution in [0.3, 0.4) is 0 Å². The van der Waals surface area contributed by atoms with Gasteiger partial charge in [0.15, 0.2) is 0 Å². The van der Waals surface area contributed by atoms with Crippen LogP contribution in [0.25, 0.3) is 0 Å². The molecule has 0 aliphatic rings. The Hall–Kier alpha value is -2.96. The fraction of sp³-hybridized carbons (Fsp3) is 0.400. The van der Waals surface area contributed by atoms with E-state index < -0.39 is 11.7 Å². The molecule has 0 N–H and O–H groups in total. The molecule has 0 aliphatic carbocycles. The molecule has 0 fully saturated rings. The highest BCUT2D eigenvalue weighted by molar-refractivity contribution is 5.92. The first-order valence-corrected chi connectivity index (χ1v) is 10.3. The molecule has 0 radical (unpaired) electrons. The van der Waals surface area contributed by atoms with E-state index in [-0.39, 0.29) is 18.2 Å². The van der Waals surface area contributed by atoms with Crippen molar-refractivity contribution in [3.05, 3.63) is 71.3 Å². The number of carbonyl (C=O) groups is 1. The van der Waals surface area contributed by atoms with E-state index in [0.29, 0.717) is 12.2 Å². The Morgan fingerprint density at radius 3 is 2.03 bits per heavy atom. The standard InChI is InChI=1S/C25H31F3N2O2/c1-8-13-30(21-11-9-20(10-12-21)25(26,27)28)23(31)29(7)16-19-14-17(2)22(18(3)15-19)32-24(4,5)6/h8-12,14-15H,1,13,16H2,2-7H3. The van der Waals surface area contributed by atoms with Gasteiger partial charge in [0.1, 0.15) is 11.4 Å². The Kier molecular flexibility index (Phi) is 7.65. The fourth-order valence-corrected chi connectivity index (χ4v) is 3.40. The van der Waals surface area contributed by atoms with Crippen molar-refractivity contribution >= 4 is 11.7 Å². The minimum Gasteiger partial charge on any atom is -0.488 e. The van der Waals surface area contributed by atoms with E-state index in [4.69, 9.17) is 4.74 Å². The Balaban J connectivity index is 2.23. The third-order valence-corrected chi connectivity index (χ3v) is 4.72. The van der Waals surface area contributed by atoms with Crippen molar-refractivity contribution in [3.8, 4) is 5.75 Å². The molecule has 0 saturated heterocycles. The smallest absolute Gasteiger partial charge is 0.416 e. The van der Waals surface area contributed by atoms with E-state index in [1.54, 1.807) is 7.05 Å². The number of nitrogens with zero attached hydrogens (tertiary/aromatic N) is 2.